The van der Waals surface area contributed by atoms with E-state index in [-0.39, 0.29) is 5.76 Å². The van der Waals surface area contributed by atoms with E-state index < -0.39 is 6.10 Å². The van der Waals surface area contributed by atoms with Crippen LogP contribution in [0.4, 0.5) is 0 Å². The average Bonchev–Trinajstić information content (AvgIpc) is 2.81. The average molecular weight is 284 g/mol. The van der Waals surface area contributed by atoms with E-state index in [4.69, 9.17) is 4.42 Å². The molecular formula is C16H16N2O3. The van der Waals surface area contributed by atoms with Crippen molar-refractivity contribution in [3.8, 4) is 11.1 Å². The van der Waals surface area contributed by atoms with Gasteiger partial charge in [-0.2, -0.15) is 0 Å². The predicted molar refractivity (Wildman–Crippen MR) is 79.9 cm³/mol. The summed E-state index contributed by atoms with van der Waals surface area (Å²) in [5, 5.41) is 10.1. The maximum atomic E-state index is 11.6. The van der Waals surface area contributed by atoms with Gasteiger partial charge in [0.1, 0.15) is 0 Å². The van der Waals surface area contributed by atoms with Gasteiger partial charge in [0, 0.05) is 25.0 Å². The number of aryl methyl sites for hydroxylation is 1. The number of benzene rings is 1. The van der Waals surface area contributed by atoms with Gasteiger partial charge in [-0.05, 0) is 35.7 Å². The Morgan fingerprint density at radius 2 is 2.19 bits per heavy atom. The lowest BCUT2D eigenvalue weighted by atomic mass is 9.97. The summed E-state index contributed by atoms with van der Waals surface area (Å²) in [6, 6.07) is 7.33. The minimum absolute atomic E-state index is 0.387. The third-order valence-electron chi connectivity index (χ3n) is 3.70. The maximum absolute atomic E-state index is 11.6. The molecule has 1 unspecified atom stereocenters. The van der Waals surface area contributed by atoms with Crippen molar-refractivity contribution < 1.29 is 9.52 Å². The van der Waals surface area contributed by atoms with Crippen molar-refractivity contribution in [3.63, 3.8) is 0 Å². The molecule has 0 saturated heterocycles. The summed E-state index contributed by atoms with van der Waals surface area (Å²) in [5.41, 5.74) is 3.86. The van der Waals surface area contributed by atoms with Gasteiger partial charge in [-0.25, -0.2) is 4.79 Å². The van der Waals surface area contributed by atoms with Gasteiger partial charge < -0.3 is 9.52 Å². The Kier molecular flexibility index (Phi) is 3.35. The molecule has 5 heteroatoms. The highest BCUT2D eigenvalue weighted by molar-refractivity contribution is 5.81. The largest absolute Gasteiger partial charge is 0.419 e. The van der Waals surface area contributed by atoms with Gasteiger partial charge in [-0.15, -0.1) is 0 Å². The van der Waals surface area contributed by atoms with Gasteiger partial charge in [0.05, 0.1) is 11.6 Å². The highest BCUT2D eigenvalue weighted by Gasteiger charge is 2.14. The molecular weight excluding hydrogens is 268 g/mol. The number of hydrogen-bond acceptors (Lipinski definition) is 4. The lowest BCUT2D eigenvalue weighted by Gasteiger charge is -2.13. The molecule has 3 rings (SSSR count). The van der Waals surface area contributed by atoms with Crippen LogP contribution >= 0.6 is 0 Å². The first kappa shape index (κ1) is 13.6. The standard InChI is InChI=1S/C16H16N2O3/c1-3-14(19)11-6-7-17-9-12(11)10-4-5-15-13(8-10)18(2)16(20)21-15/h4-9,14,19H,3H2,1-2H3. The summed E-state index contributed by atoms with van der Waals surface area (Å²) in [6.45, 7) is 1.93. The molecule has 0 aliphatic carbocycles. The van der Waals surface area contributed by atoms with E-state index in [1.54, 1.807) is 25.5 Å². The van der Waals surface area contributed by atoms with E-state index in [0.717, 1.165) is 22.2 Å². The summed E-state index contributed by atoms with van der Waals surface area (Å²) < 4.78 is 6.59. The van der Waals surface area contributed by atoms with Crippen LogP contribution in [0.1, 0.15) is 25.0 Å². The minimum Gasteiger partial charge on any atom is -0.408 e. The van der Waals surface area contributed by atoms with Crippen LogP contribution in [-0.2, 0) is 7.05 Å². The van der Waals surface area contributed by atoms with Crippen LogP contribution in [0.5, 0.6) is 0 Å². The Morgan fingerprint density at radius 3 is 2.95 bits per heavy atom. The molecule has 2 aromatic heterocycles. The highest BCUT2D eigenvalue weighted by atomic mass is 16.4. The first-order valence-corrected chi connectivity index (χ1v) is 6.83. The van der Waals surface area contributed by atoms with Crippen LogP contribution < -0.4 is 5.76 Å². The van der Waals surface area contributed by atoms with E-state index in [0.29, 0.717) is 12.0 Å². The summed E-state index contributed by atoms with van der Waals surface area (Å²) in [6.07, 6.45) is 3.49. The summed E-state index contributed by atoms with van der Waals surface area (Å²) in [4.78, 5) is 15.7. The van der Waals surface area contributed by atoms with Gasteiger partial charge in [-0.3, -0.25) is 9.55 Å². The quantitative estimate of drug-likeness (QED) is 0.802. The second-order valence-electron chi connectivity index (χ2n) is 5.00. The molecule has 5 nitrogen and oxygen atoms in total. The van der Waals surface area contributed by atoms with Gasteiger partial charge in [-0.1, -0.05) is 13.0 Å². The molecule has 0 bridgehead atoms. The number of fused-ring (bicyclic) bond motifs is 1. The van der Waals surface area contributed by atoms with Gasteiger partial charge in [0.25, 0.3) is 0 Å². The summed E-state index contributed by atoms with van der Waals surface area (Å²) in [5.74, 6) is -0.387. The first-order chi connectivity index (χ1) is 10.1. The number of aromatic nitrogens is 2. The van der Waals surface area contributed by atoms with Crippen molar-refractivity contribution in [2.24, 2.45) is 7.05 Å². The maximum Gasteiger partial charge on any atom is 0.419 e. The third kappa shape index (κ3) is 2.25. The second-order valence-corrected chi connectivity index (χ2v) is 5.00. The number of pyridine rings is 1. The van der Waals surface area contributed by atoms with Crippen LogP contribution in [0.3, 0.4) is 0 Å². The Labute approximate surface area is 121 Å². The number of aliphatic hydroxyl groups is 1. The number of aliphatic hydroxyl groups excluding tert-OH is 1. The molecule has 0 amide bonds. The zero-order valence-electron chi connectivity index (χ0n) is 11.9. The second kappa shape index (κ2) is 5.18. The molecule has 21 heavy (non-hydrogen) atoms. The van der Waals surface area contributed by atoms with E-state index in [2.05, 4.69) is 4.98 Å². The van der Waals surface area contributed by atoms with Crippen molar-refractivity contribution >= 4 is 11.1 Å². The zero-order valence-corrected chi connectivity index (χ0v) is 11.9. The fraction of sp³-hybridized carbons (Fsp3) is 0.250. The van der Waals surface area contributed by atoms with Crippen LogP contribution in [0.2, 0.25) is 0 Å². The van der Waals surface area contributed by atoms with E-state index in [1.807, 2.05) is 25.1 Å². The number of nitrogens with zero attached hydrogens (tertiary/aromatic N) is 2. The van der Waals surface area contributed by atoms with Gasteiger partial charge >= 0.3 is 5.76 Å². The molecule has 3 aromatic rings. The minimum atomic E-state index is -0.535. The van der Waals surface area contributed by atoms with Crippen molar-refractivity contribution in [2.75, 3.05) is 0 Å². The molecule has 1 atom stereocenters. The van der Waals surface area contributed by atoms with Crippen LogP contribution in [-0.4, -0.2) is 14.7 Å². The van der Waals surface area contributed by atoms with Gasteiger partial charge in [0.15, 0.2) is 5.58 Å². The van der Waals surface area contributed by atoms with Crippen LogP contribution in [0.15, 0.2) is 45.9 Å². The zero-order chi connectivity index (χ0) is 15.0. The summed E-state index contributed by atoms with van der Waals surface area (Å²) >= 11 is 0. The fourth-order valence-corrected chi connectivity index (χ4v) is 2.45. The Bertz CT molecular complexity index is 848. The van der Waals surface area contributed by atoms with Crippen molar-refractivity contribution in [3.05, 3.63) is 52.8 Å². The molecule has 108 valence electrons. The normalized spacial score (nSPS) is 12.7. The molecule has 0 spiro atoms. The van der Waals surface area contributed by atoms with E-state index in [9.17, 15) is 9.90 Å². The highest BCUT2D eigenvalue weighted by Crippen LogP contribution is 2.30. The molecule has 0 fully saturated rings. The number of hydrogen-bond donors (Lipinski definition) is 1. The molecule has 1 aromatic carbocycles. The molecule has 0 radical (unpaired) electrons. The molecule has 0 aliphatic heterocycles. The smallest absolute Gasteiger partial charge is 0.408 e. The molecule has 0 aliphatic rings. The predicted octanol–water partition coefficient (Wildman–Crippen LogP) is 2.64. The molecule has 0 saturated carbocycles. The Balaban J connectivity index is 2.21. The van der Waals surface area contributed by atoms with Crippen LogP contribution in [0.25, 0.3) is 22.2 Å². The lowest BCUT2D eigenvalue weighted by Crippen LogP contribution is -2.08. The van der Waals surface area contributed by atoms with E-state index >= 15 is 0 Å². The molecule has 2 heterocycles. The van der Waals surface area contributed by atoms with Crippen LogP contribution in [0, 0.1) is 0 Å². The first-order valence-electron chi connectivity index (χ1n) is 6.83. The summed E-state index contributed by atoms with van der Waals surface area (Å²) in [7, 11) is 1.67. The van der Waals surface area contributed by atoms with Crippen molar-refractivity contribution in [2.45, 2.75) is 19.4 Å². The fourth-order valence-electron chi connectivity index (χ4n) is 2.45. The Hall–Kier alpha value is -2.40. The monoisotopic (exact) mass is 284 g/mol. The SMILES string of the molecule is CCC(O)c1ccncc1-c1ccc2oc(=O)n(C)c2c1. The van der Waals surface area contributed by atoms with E-state index in [1.165, 1.54) is 4.57 Å². The number of rotatable bonds is 3. The third-order valence-corrected chi connectivity index (χ3v) is 3.70. The van der Waals surface area contributed by atoms with Gasteiger partial charge in [0.2, 0.25) is 0 Å². The van der Waals surface area contributed by atoms with Crippen molar-refractivity contribution in [1.29, 1.82) is 0 Å². The Morgan fingerprint density at radius 1 is 1.38 bits per heavy atom. The number of oxazole rings is 1. The topological polar surface area (TPSA) is 68.3 Å². The lowest BCUT2D eigenvalue weighted by molar-refractivity contribution is 0.174. The molecule has 1 N–H and O–H groups in total. The van der Waals surface area contributed by atoms with Crippen molar-refractivity contribution in [1.82, 2.24) is 9.55 Å².